The highest BCUT2D eigenvalue weighted by molar-refractivity contribution is 7.89. The molecule has 124 valence electrons. The summed E-state index contributed by atoms with van der Waals surface area (Å²) in [5, 5.41) is 0. The lowest BCUT2D eigenvalue weighted by molar-refractivity contribution is -0.144. The predicted molar refractivity (Wildman–Crippen MR) is 72.7 cm³/mol. The maximum Gasteiger partial charge on any atom is 0.309 e. The number of benzene rings is 1. The monoisotopic (exact) mass is 339 g/mol. The topological polar surface area (TPSA) is 63.7 Å². The third-order valence-corrected chi connectivity index (χ3v) is 4.99. The van der Waals surface area contributed by atoms with Crippen molar-refractivity contribution in [2.45, 2.75) is 13.5 Å². The molecule has 0 heterocycles. The van der Waals surface area contributed by atoms with Gasteiger partial charge in [-0.2, -0.15) is 0 Å². The summed E-state index contributed by atoms with van der Waals surface area (Å²) in [5.41, 5.74) is -0.0480. The average Bonchev–Trinajstić information content (AvgIpc) is 2.43. The minimum Gasteiger partial charge on any atom is -0.469 e. The van der Waals surface area contributed by atoms with Gasteiger partial charge in [0.05, 0.1) is 18.8 Å². The zero-order chi connectivity index (χ0) is 17.1. The molecule has 1 unspecified atom stereocenters. The van der Waals surface area contributed by atoms with E-state index in [-0.39, 0.29) is 12.1 Å². The summed E-state index contributed by atoms with van der Waals surface area (Å²) in [6.45, 7) is 1.03. The molecule has 0 spiro atoms. The lowest BCUT2D eigenvalue weighted by atomic mass is 10.2. The normalized spacial score (nSPS) is 13.2. The highest BCUT2D eigenvalue weighted by Crippen LogP contribution is 2.17. The van der Waals surface area contributed by atoms with Gasteiger partial charge in [0.2, 0.25) is 10.0 Å². The van der Waals surface area contributed by atoms with Gasteiger partial charge in [-0.1, -0.05) is 6.92 Å². The van der Waals surface area contributed by atoms with Crippen LogP contribution in [0.5, 0.6) is 0 Å². The lowest BCUT2D eigenvalue weighted by Crippen LogP contribution is -2.33. The first-order valence-corrected chi connectivity index (χ1v) is 7.84. The van der Waals surface area contributed by atoms with Crippen LogP contribution in [-0.2, 0) is 26.1 Å². The lowest BCUT2D eigenvalue weighted by Gasteiger charge is -2.19. The van der Waals surface area contributed by atoms with Gasteiger partial charge < -0.3 is 4.74 Å². The van der Waals surface area contributed by atoms with Crippen molar-refractivity contribution in [1.29, 1.82) is 0 Å². The van der Waals surface area contributed by atoms with Crippen LogP contribution in [0.15, 0.2) is 12.1 Å². The molecule has 1 aromatic rings. The van der Waals surface area contributed by atoms with E-state index in [1.807, 2.05) is 0 Å². The van der Waals surface area contributed by atoms with Crippen molar-refractivity contribution in [3.63, 3.8) is 0 Å². The van der Waals surface area contributed by atoms with E-state index in [0.29, 0.717) is 12.1 Å². The highest BCUT2D eigenvalue weighted by Gasteiger charge is 2.26. The summed E-state index contributed by atoms with van der Waals surface area (Å²) in [6, 6.07) is 1.43. The maximum atomic E-state index is 13.1. The van der Waals surface area contributed by atoms with Crippen LogP contribution in [0.25, 0.3) is 0 Å². The van der Waals surface area contributed by atoms with Gasteiger partial charge in [0.1, 0.15) is 0 Å². The van der Waals surface area contributed by atoms with E-state index in [0.717, 1.165) is 11.4 Å². The number of methoxy groups -OCH3 is 1. The Morgan fingerprint density at radius 2 is 1.77 bits per heavy atom. The molecular formula is C13H16F3NO4S. The number of hydrogen-bond donors (Lipinski definition) is 0. The minimum absolute atomic E-state index is 0.0480. The Bertz CT molecular complexity index is 640. The molecule has 0 bridgehead atoms. The number of rotatable bonds is 6. The fourth-order valence-corrected chi connectivity index (χ4v) is 3.14. The van der Waals surface area contributed by atoms with Gasteiger partial charge in [-0.15, -0.1) is 0 Å². The average molecular weight is 339 g/mol. The molecule has 0 N–H and O–H groups in total. The number of halogens is 3. The Labute approximate surface area is 126 Å². The van der Waals surface area contributed by atoms with Crippen molar-refractivity contribution < 1.29 is 31.1 Å². The third kappa shape index (κ3) is 4.44. The summed E-state index contributed by atoms with van der Waals surface area (Å²) < 4.78 is 68.4. The first-order valence-electron chi connectivity index (χ1n) is 6.23. The first kappa shape index (κ1) is 18.4. The minimum atomic E-state index is -3.85. The van der Waals surface area contributed by atoms with E-state index in [4.69, 9.17) is 0 Å². The molecule has 0 saturated heterocycles. The van der Waals surface area contributed by atoms with Gasteiger partial charge in [0.15, 0.2) is 17.5 Å². The first-order chi connectivity index (χ1) is 10.1. The Balaban J connectivity index is 2.87. The highest BCUT2D eigenvalue weighted by atomic mass is 32.2. The van der Waals surface area contributed by atoms with E-state index >= 15 is 0 Å². The largest absolute Gasteiger partial charge is 0.469 e. The van der Waals surface area contributed by atoms with Crippen LogP contribution in [0, 0.1) is 23.4 Å². The van der Waals surface area contributed by atoms with Gasteiger partial charge in [-0.25, -0.2) is 25.9 Å². The molecule has 0 radical (unpaired) electrons. The molecule has 0 aromatic heterocycles. The van der Waals surface area contributed by atoms with Crippen LogP contribution in [-0.4, -0.2) is 38.6 Å². The number of carbonyl (C=O) groups excluding carboxylic acids is 1. The summed E-state index contributed by atoms with van der Waals surface area (Å²) in [7, 11) is -1.52. The van der Waals surface area contributed by atoms with Crippen LogP contribution in [0.4, 0.5) is 13.2 Å². The van der Waals surface area contributed by atoms with E-state index in [1.165, 1.54) is 14.0 Å². The van der Waals surface area contributed by atoms with Crippen molar-refractivity contribution in [1.82, 2.24) is 4.31 Å². The number of nitrogens with zero attached hydrogens (tertiary/aromatic N) is 1. The summed E-state index contributed by atoms with van der Waals surface area (Å²) in [4.78, 5) is 11.3. The quantitative estimate of drug-likeness (QED) is 0.584. The molecule has 0 aliphatic rings. The summed E-state index contributed by atoms with van der Waals surface area (Å²) in [6.07, 6.45) is 0. The van der Waals surface area contributed by atoms with Gasteiger partial charge in [-0.05, 0) is 17.7 Å². The molecular weight excluding hydrogens is 323 g/mol. The fraction of sp³-hybridized carbons (Fsp3) is 0.462. The van der Waals surface area contributed by atoms with Gasteiger partial charge in [0, 0.05) is 13.6 Å². The van der Waals surface area contributed by atoms with Crippen molar-refractivity contribution in [3.8, 4) is 0 Å². The molecule has 0 amide bonds. The van der Waals surface area contributed by atoms with Gasteiger partial charge in [0.25, 0.3) is 0 Å². The molecule has 0 fully saturated rings. The maximum absolute atomic E-state index is 13.1. The third-order valence-electron chi connectivity index (χ3n) is 2.99. The molecule has 1 aromatic carbocycles. The van der Waals surface area contributed by atoms with Crippen LogP contribution in [0.2, 0.25) is 0 Å². The van der Waals surface area contributed by atoms with Crippen LogP contribution in [0.1, 0.15) is 12.5 Å². The SMILES string of the molecule is COC(=O)C(C)CS(=O)(=O)N(C)Cc1cc(F)c(F)c(F)c1. The molecule has 1 rings (SSSR count). The number of ether oxygens (including phenoxy) is 1. The van der Waals surface area contributed by atoms with Crippen LogP contribution < -0.4 is 0 Å². The second-order valence-electron chi connectivity index (χ2n) is 4.83. The Morgan fingerprint density at radius 1 is 1.27 bits per heavy atom. The van der Waals surface area contributed by atoms with Crippen molar-refractivity contribution >= 4 is 16.0 Å². The Morgan fingerprint density at radius 3 is 2.23 bits per heavy atom. The van der Waals surface area contributed by atoms with E-state index in [9.17, 15) is 26.4 Å². The van der Waals surface area contributed by atoms with Crippen molar-refractivity contribution in [2.75, 3.05) is 19.9 Å². The van der Waals surface area contributed by atoms with Crippen molar-refractivity contribution in [2.24, 2.45) is 5.92 Å². The number of esters is 1. The second kappa shape index (κ2) is 7.10. The summed E-state index contributed by atoms with van der Waals surface area (Å²) in [5.74, 6) is -6.50. The van der Waals surface area contributed by atoms with E-state index < -0.39 is 45.1 Å². The number of sulfonamides is 1. The summed E-state index contributed by atoms with van der Waals surface area (Å²) >= 11 is 0. The molecule has 0 aliphatic heterocycles. The van der Waals surface area contributed by atoms with Crippen molar-refractivity contribution in [3.05, 3.63) is 35.1 Å². The van der Waals surface area contributed by atoms with Crippen LogP contribution >= 0.6 is 0 Å². The zero-order valence-corrected chi connectivity index (χ0v) is 13.1. The number of hydrogen-bond acceptors (Lipinski definition) is 4. The fourth-order valence-electron chi connectivity index (χ4n) is 1.77. The zero-order valence-electron chi connectivity index (χ0n) is 12.3. The van der Waals surface area contributed by atoms with Crippen LogP contribution in [0.3, 0.4) is 0 Å². The van der Waals surface area contributed by atoms with Gasteiger partial charge >= 0.3 is 5.97 Å². The Kier molecular flexibility index (Phi) is 5.95. The molecule has 0 saturated carbocycles. The smallest absolute Gasteiger partial charge is 0.309 e. The standard InChI is InChI=1S/C13H16F3NO4S/c1-8(13(18)21-3)7-22(19,20)17(2)6-9-4-10(14)12(16)11(15)5-9/h4-5,8H,6-7H2,1-3H3. The predicted octanol–water partition coefficient (Wildman–Crippen LogP) is 1.67. The Hall–Kier alpha value is -1.61. The van der Waals surface area contributed by atoms with Gasteiger partial charge in [-0.3, -0.25) is 4.79 Å². The molecule has 0 aliphatic carbocycles. The van der Waals surface area contributed by atoms with E-state index in [2.05, 4.69) is 4.74 Å². The number of carbonyl (C=O) groups is 1. The molecule has 5 nitrogen and oxygen atoms in total. The molecule has 22 heavy (non-hydrogen) atoms. The van der Waals surface area contributed by atoms with E-state index in [1.54, 1.807) is 0 Å². The molecule has 1 atom stereocenters. The second-order valence-corrected chi connectivity index (χ2v) is 6.95. The molecule has 9 heteroatoms.